The third kappa shape index (κ3) is 2.67. The number of anilines is 1. The molecule has 0 aliphatic rings. The maximum absolute atomic E-state index is 11.3. The number of nitrogens with one attached hydrogen (secondary N) is 1. The van der Waals surface area contributed by atoms with Gasteiger partial charge in [-0.1, -0.05) is 36.4 Å². The van der Waals surface area contributed by atoms with Crippen molar-refractivity contribution >= 4 is 11.8 Å². The fourth-order valence-corrected chi connectivity index (χ4v) is 2.10. The molecule has 0 aliphatic heterocycles. The molecule has 0 bridgehead atoms. The first-order valence-electron chi connectivity index (χ1n) is 6.56. The smallest absolute Gasteiger partial charge is 0.289 e. The summed E-state index contributed by atoms with van der Waals surface area (Å²) in [6.45, 7) is 1.43. The molecule has 1 amide bonds. The van der Waals surface area contributed by atoms with Crippen LogP contribution >= 0.6 is 0 Å². The minimum Gasteiger partial charge on any atom is -0.289 e. The van der Waals surface area contributed by atoms with E-state index >= 15 is 0 Å². The van der Waals surface area contributed by atoms with Gasteiger partial charge in [0.2, 0.25) is 16.9 Å². The lowest BCUT2D eigenvalue weighted by molar-refractivity contribution is -0.660. The highest BCUT2D eigenvalue weighted by Crippen LogP contribution is 2.25. The Morgan fingerprint density at radius 2 is 1.67 bits per heavy atom. The highest BCUT2D eigenvalue weighted by Gasteiger charge is 2.28. The highest BCUT2D eigenvalue weighted by molar-refractivity contribution is 5.90. The maximum Gasteiger partial charge on any atom is 0.312 e. The molecule has 21 heavy (non-hydrogen) atoms. The lowest BCUT2D eigenvalue weighted by Gasteiger charge is -1.98. The van der Waals surface area contributed by atoms with E-state index in [-0.39, 0.29) is 5.91 Å². The molecule has 5 heteroatoms. The van der Waals surface area contributed by atoms with Gasteiger partial charge in [0.25, 0.3) is 0 Å². The van der Waals surface area contributed by atoms with Crippen LogP contribution in [0.25, 0.3) is 16.9 Å². The molecular formula is C16H14N3O2+. The number of rotatable bonds is 3. The van der Waals surface area contributed by atoms with Crippen LogP contribution in [0.15, 0.2) is 65.2 Å². The van der Waals surface area contributed by atoms with Gasteiger partial charge in [-0.05, 0) is 16.8 Å². The molecule has 1 N–H and O–H groups in total. The van der Waals surface area contributed by atoms with Gasteiger partial charge >= 0.3 is 11.6 Å². The van der Waals surface area contributed by atoms with Crippen LogP contribution in [0.1, 0.15) is 6.92 Å². The van der Waals surface area contributed by atoms with Crippen molar-refractivity contribution in [2.45, 2.75) is 6.92 Å². The summed E-state index contributed by atoms with van der Waals surface area (Å²) in [7, 11) is 0. The second-order valence-corrected chi connectivity index (χ2v) is 4.55. The number of aromatic nitrogens is 2. The van der Waals surface area contributed by atoms with Crippen molar-refractivity contribution in [3.05, 3.63) is 60.7 Å². The van der Waals surface area contributed by atoms with Gasteiger partial charge in [-0.2, -0.15) is 0 Å². The maximum atomic E-state index is 11.3. The number of benzene rings is 2. The minimum absolute atomic E-state index is 0.205. The lowest BCUT2D eigenvalue weighted by Crippen LogP contribution is -2.34. The summed E-state index contributed by atoms with van der Waals surface area (Å²) in [6, 6.07) is 19.3. The van der Waals surface area contributed by atoms with Crippen molar-refractivity contribution in [3.8, 4) is 16.9 Å². The predicted molar refractivity (Wildman–Crippen MR) is 77.8 cm³/mol. The molecule has 2 aromatic carbocycles. The van der Waals surface area contributed by atoms with Crippen molar-refractivity contribution in [1.82, 2.24) is 5.27 Å². The summed E-state index contributed by atoms with van der Waals surface area (Å²) in [5, 5.41) is 6.72. The Balaban J connectivity index is 2.18. The van der Waals surface area contributed by atoms with Crippen molar-refractivity contribution in [3.63, 3.8) is 0 Å². The average Bonchev–Trinajstić information content (AvgIpc) is 2.92. The molecule has 0 saturated carbocycles. The van der Waals surface area contributed by atoms with Crippen molar-refractivity contribution in [2.75, 3.05) is 5.32 Å². The van der Waals surface area contributed by atoms with Gasteiger partial charge in [0.05, 0.1) is 5.56 Å². The molecule has 3 rings (SSSR count). The summed E-state index contributed by atoms with van der Waals surface area (Å²) in [5.74, 6) is 0.126. The van der Waals surface area contributed by atoms with E-state index in [2.05, 4.69) is 10.6 Å². The molecule has 0 saturated heterocycles. The Morgan fingerprint density at radius 1 is 1.05 bits per heavy atom. The molecule has 0 fully saturated rings. The standard InChI is InChI=1S/C16H13N3O2/c1-12(20)17-16-15(13-8-4-2-5-9-13)19(18-21-16)14-10-6-3-7-11-14/h2-11H,1H3/p+1. The molecule has 5 nitrogen and oxygen atoms in total. The first-order chi connectivity index (χ1) is 10.3. The summed E-state index contributed by atoms with van der Waals surface area (Å²) < 4.78 is 6.96. The molecular weight excluding hydrogens is 266 g/mol. The van der Waals surface area contributed by atoms with Crippen molar-refractivity contribution in [1.29, 1.82) is 0 Å². The summed E-state index contributed by atoms with van der Waals surface area (Å²) >= 11 is 0. The van der Waals surface area contributed by atoms with E-state index < -0.39 is 0 Å². The third-order valence-electron chi connectivity index (χ3n) is 2.98. The van der Waals surface area contributed by atoms with Gasteiger partial charge in [-0.3, -0.25) is 14.6 Å². The van der Waals surface area contributed by atoms with E-state index in [0.29, 0.717) is 11.6 Å². The van der Waals surface area contributed by atoms with Gasteiger partial charge in [-0.15, -0.1) is 0 Å². The normalized spacial score (nSPS) is 10.3. The van der Waals surface area contributed by atoms with Crippen LogP contribution in [0.5, 0.6) is 0 Å². The number of hydrogen-bond donors (Lipinski definition) is 1. The summed E-state index contributed by atoms with van der Waals surface area (Å²) in [4.78, 5) is 11.3. The largest absolute Gasteiger partial charge is 0.312 e. The molecule has 0 unspecified atom stereocenters. The zero-order chi connectivity index (χ0) is 14.7. The van der Waals surface area contributed by atoms with Crippen LogP contribution in [-0.4, -0.2) is 11.2 Å². The number of para-hydroxylation sites is 1. The highest BCUT2D eigenvalue weighted by atomic mass is 16.5. The monoisotopic (exact) mass is 280 g/mol. The van der Waals surface area contributed by atoms with Gasteiger partial charge in [0.15, 0.2) is 0 Å². The fourth-order valence-electron chi connectivity index (χ4n) is 2.10. The molecule has 1 heterocycles. The van der Waals surface area contributed by atoms with Crippen molar-refractivity contribution < 1.29 is 14.0 Å². The number of hydrogen-bond acceptors (Lipinski definition) is 3. The van der Waals surface area contributed by atoms with E-state index in [1.165, 1.54) is 6.92 Å². The molecule has 104 valence electrons. The molecule has 0 atom stereocenters. The Kier molecular flexibility index (Phi) is 3.47. The number of amides is 1. The second kappa shape index (κ2) is 5.58. The van der Waals surface area contributed by atoms with Crippen molar-refractivity contribution in [2.24, 2.45) is 0 Å². The molecule has 0 radical (unpaired) electrons. The first kappa shape index (κ1) is 13.1. The molecule has 0 aliphatic carbocycles. The van der Waals surface area contributed by atoms with Crippen LogP contribution in [0.4, 0.5) is 5.88 Å². The Bertz CT molecular complexity index is 752. The summed E-state index contributed by atoms with van der Waals surface area (Å²) in [5.41, 5.74) is 2.47. The number of nitrogens with zero attached hydrogens (tertiary/aromatic N) is 2. The Hall–Kier alpha value is -2.95. The van der Waals surface area contributed by atoms with Gasteiger partial charge in [0, 0.05) is 19.1 Å². The molecule has 3 aromatic rings. The summed E-state index contributed by atoms with van der Waals surface area (Å²) in [6.07, 6.45) is 0. The lowest BCUT2D eigenvalue weighted by atomic mass is 10.1. The van der Waals surface area contributed by atoms with E-state index in [1.54, 1.807) is 4.68 Å². The fraction of sp³-hybridized carbons (Fsp3) is 0.0625. The SMILES string of the molecule is CC(=O)Nc1on[n+](-c2ccccc2)c1-c1ccccc1. The zero-order valence-corrected chi connectivity index (χ0v) is 11.5. The topological polar surface area (TPSA) is 59.0 Å². The van der Waals surface area contributed by atoms with Gasteiger partial charge < -0.3 is 0 Å². The molecule has 0 spiro atoms. The molecule has 1 aromatic heterocycles. The van der Waals surface area contributed by atoms with Crippen LogP contribution in [0, 0.1) is 0 Å². The van der Waals surface area contributed by atoms with E-state index in [9.17, 15) is 4.79 Å². The van der Waals surface area contributed by atoms with Crippen LogP contribution in [0.3, 0.4) is 0 Å². The van der Waals surface area contributed by atoms with Gasteiger partial charge in [-0.25, -0.2) is 0 Å². The van der Waals surface area contributed by atoms with Crippen LogP contribution in [-0.2, 0) is 4.79 Å². The predicted octanol–water partition coefficient (Wildman–Crippen LogP) is 2.58. The second-order valence-electron chi connectivity index (χ2n) is 4.55. The Morgan fingerprint density at radius 3 is 2.29 bits per heavy atom. The Labute approximate surface area is 121 Å². The average molecular weight is 280 g/mol. The minimum atomic E-state index is -0.205. The first-order valence-corrected chi connectivity index (χ1v) is 6.56. The quantitative estimate of drug-likeness (QED) is 0.750. The number of carbonyl (C=O) groups excluding carboxylic acids is 1. The van der Waals surface area contributed by atoms with Crippen LogP contribution in [0.2, 0.25) is 0 Å². The number of carbonyl (C=O) groups is 1. The van der Waals surface area contributed by atoms with Gasteiger partial charge in [0.1, 0.15) is 0 Å². The van der Waals surface area contributed by atoms with E-state index in [0.717, 1.165) is 11.3 Å². The van der Waals surface area contributed by atoms with E-state index in [1.807, 2.05) is 60.7 Å². The van der Waals surface area contributed by atoms with Crippen LogP contribution < -0.4 is 10.00 Å². The third-order valence-corrected chi connectivity index (χ3v) is 2.98. The zero-order valence-electron chi connectivity index (χ0n) is 11.5. The van der Waals surface area contributed by atoms with E-state index in [4.69, 9.17) is 4.52 Å².